The molecule has 170 valence electrons. The fourth-order valence-corrected chi connectivity index (χ4v) is 6.30. The summed E-state index contributed by atoms with van der Waals surface area (Å²) in [7, 11) is 0. The number of hydrogen-bond acceptors (Lipinski definition) is 7. The van der Waals surface area contributed by atoms with Crippen LogP contribution in [-0.4, -0.2) is 26.2 Å². The Labute approximate surface area is 208 Å². The lowest BCUT2D eigenvalue weighted by molar-refractivity contribution is -0.113. The van der Waals surface area contributed by atoms with E-state index in [1.807, 2.05) is 79.9 Å². The molecule has 0 spiro atoms. The van der Waals surface area contributed by atoms with Crippen molar-refractivity contribution in [3.63, 3.8) is 0 Å². The predicted octanol–water partition coefficient (Wildman–Crippen LogP) is 5.92. The number of anilines is 1. The molecule has 0 aliphatic carbocycles. The molecule has 0 aliphatic heterocycles. The van der Waals surface area contributed by atoms with E-state index in [2.05, 4.69) is 10.3 Å². The second-order valence-corrected chi connectivity index (χ2v) is 10.6. The van der Waals surface area contributed by atoms with Crippen LogP contribution in [0.25, 0.3) is 27.0 Å². The number of rotatable bonds is 6. The van der Waals surface area contributed by atoms with Gasteiger partial charge in [0, 0.05) is 15.8 Å². The summed E-state index contributed by atoms with van der Waals surface area (Å²) in [6.45, 7) is 3.89. The van der Waals surface area contributed by atoms with Crippen LogP contribution in [-0.2, 0) is 4.79 Å². The van der Waals surface area contributed by atoms with Crippen molar-refractivity contribution in [3.05, 3.63) is 87.0 Å². The lowest BCUT2D eigenvalue weighted by Gasteiger charge is -2.12. The molecule has 0 bridgehead atoms. The SMILES string of the molecule is Cc1csc(NC(=O)CSc2nc3sc(C)c(-c4ccccc4)c3c(=O)n2-c2ccccc2)n1. The zero-order chi connectivity index (χ0) is 23.7. The van der Waals surface area contributed by atoms with Crippen molar-refractivity contribution in [2.75, 3.05) is 11.1 Å². The average Bonchev–Trinajstić information content (AvgIpc) is 3.40. The highest BCUT2D eigenvalue weighted by Gasteiger charge is 2.21. The van der Waals surface area contributed by atoms with Gasteiger partial charge in [-0.2, -0.15) is 0 Å². The summed E-state index contributed by atoms with van der Waals surface area (Å²) in [5.74, 6) is -0.0834. The van der Waals surface area contributed by atoms with Gasteiger partial charge in [0.1, 0.15) is 4.83 Å². The van der Waals surface area contributed by atoms with Crippen LogP contribution in [0, 0.1) is 13.8 Å². The van der Waals surface area contributed by atoms with E-state index in [-0.39, 0.29) is 17.2 Å². The molecule has 0 unspecified atom stereocenters. The third-order valence-corrected chi connectivity index (χ3v) is 7.96. The first-order valence-electron chi connectivity index (χ1n) is 10.5. The van der Waals surface area contributed by atoms with Gasteiger partial charge in [-0.05, 0) is 31.5 Å². The number of hydrogen-bond donors (Lipinski definition) is 1. The molecule has 0 fully saturated rings. The highest BCUT2D eigenvalue weighted by atomic mass is 32.2. The Morgan fingerprint density at radius 3 is 2.41 bits per heavy atom. The first-order chi connectivity index (χ1) is 16.5. The maximum Gasteiger partial charge on any atom is 0.268 e. The molecule has 5 rings (SSSR count). The Hall–Kier alpha value is -3.27. The van der Waals surface area contributed by atoms with Crippen LogP contribution < -0.4 is 10.9 Å². The van der Waals surface area contributed by atoms with Crippen LogP contribution in [0.5, 0.6) is 0 Å². The van der Waals surface area contributed by atoms with E-state index in [0.29, 0.717) is 26.2 Å². The minimum absolute atomic E-state index is 0.110. The molecule has 0 saturated heterocycles. The van der Waals surface area contributed by atoms with Gasteiger partial charge in [-0.15, -0.1) is 22.7 Å². The summed E-state index contributed by atoms with van der Waals surface area (Å²) in [5, 5.41) is 6.34. The zero-order valence-corrected chi connectivity index (χ0v) is 20.9. The molecule has 34 heavy (non-hydrogen) atoms. The fraction of sp³-hybridized carbons (Fsp3) is 0.120. The Morgan fingerprint density at radius 2 is 1.74 bits per heavy atom. The van der Waals surface area contributed by atoms with Gasteiger partial charge in [-0.1, -0.05) is 60.3 Å². The number of aromatic nitrogens is 3. The first-order valence-corrected chi connectivity index (χ1v) is 13.2. The first kappa shape index (κ1) is 22.5. The third kappa shape index (κ3) is 4.42. The van der Waals surface area contributed by atoms with E-state index in [1.54, 1.807) is 4.57 Å². The Morgan fingerprint density at radius 1 is 1.03 bits per heavy atom. The Balaban J connectivity index is 1.59. The molecule has 3 heterocycles. The van der Waals surface area contributed by atoms with Crippen molar-refractivity contribution in [1.29, 1.82) is 0 Å². The molecule has 0 aliphatic rings. The number of nitrogens with zero attached hydrogens (tertiary/aromatic N) is 3. The second kappa shape index (κ2) is 9.54. The Bertz CT molecular complexity index is 1540. The number of benzene rings is 2. The molecule has 9 heteroatoms. The minimum atomic E-state index is -0.194. The van der Waals surface area contributed by atoms with Gasteiger partial charge in [0.2, 0.25) is 5.91 Å². The van der Waals surface area contributed by atoms with Crippen molar-refractivity contribution in [2.45, 2.75) is 19.0 Å². The van der Waals surface area contributed by atoms with E-state index in [4.69, 9.17) is 4.98 Å². The average molecular weight is 505 g/mol. The highest BCUT2D eigenvalue weighted by Crippen LogP contribution is 2.37. The van der Waals surface area contributed by atoms with Gasteiger partial charge >= 0.3 is 0 Å². The number of aryl methyl sites for hydroxylation is 2. The van der Waals surface area contributed by atoms with E-state index in [1.165, 1.54) is 34.4 Å². The van der Waals surface area contributed by atoms with Gasteiger partial charge in [-0.25, -0.2) is 9.97 Å². The number of carbonyl (C=O) groups is 1. The van der Waals surface area contributed by atoms with Gasteiger partial charge in [0.15, 0.2) is 10.3 Å². The summed E-state index contributed by atoms with van der Waals surface area (Å²) in [6.07, 6.45) is 0. The van der Waals surface area contributed by atoms with Crippen molar-refractivity contribution in [2.24, 2.45) is 0 Å². The van der Waals surface area contributed by atoms with Crippen LogP contribution in [0.1, 0.15) is 10.6 Å². The van der Waals surface area contributed by atoms with Gasteiger partial charge < -0.3 is 5.32 Å². The number of amides is 1. The van der Waals surface area contributed by atoms with Gasteiger partial charge in [0.25, 0.3) is 5.56 Å². The van der Waals surface area contributed by atoms with E-state index >= 15 is 0 Å². The fourth-order valence-electron chi connectivity index (χ4n) is 3.69. The topological polar surface area (TPSA) is 76.9 Å². The quantitative estimate of drug-likeness (QED) is 0.229. The van der Waals surface area contributed by atoms with Crippen LogP contribution in [0.15, 0.2) is 76.0 Å². The normalized spacial score (nSPS) is 11.1. The van der Waals surface area contributed by atoms with Crippen molar-refractivity contribution < 1.29 is 4.79 Å². The monoisotopic (exact) mass is 504 g/mol. The summed E-state index contributed by atoms with van der Waals surface area (Å²) >= 11 is 4.12. The van der Waals surface area contributed by atoms with Crippen LogP contribution >= 0.6 is 34.4 Å². The molecule has 1 N–H and O–H groups in total. The van der Waals surface area contributed by atoms with Crippen LogP contribution in [0.3, 0.4) is 0 Å². The summed E-state index contributed by atoms with van der Waals surface area (Å²) in [5.41, 5.74) is 3.33. The van der Waals surface area contributed by atoms with Crippen LogP contribution in [0.2, 0.25) is 0 Å². The lowest BCUT2D eigenvalue weighted by Crippen LogP contribution is -2.22. The number of thioether (sulfide) groups is 1. The number of thiazole rings is 1. The van der Waals surface area contributed by atoms with E-state index in [0.717, 1.165) is 21.7 Å². The molecular formula is C25H20N4O2S3. The minimum Gasteiger partial charge on any atom is -0.301 e. The molecule has 0 saturated carbocycles. The van der Waals surface area contributed by atoms with E-state index in [9.17, 15) is 9.59 Å². The largest absolute Gasteiger partial charge is 0.301 e. The summed E-state index contributed by atoms with van der Waals surface area (Å²) in [6, 6.07) is 19.3. The molecule has 1 amide bonds. The highest BCUT2D eigenvalue weighted by molar-refractivity contribution is 7.99. The third-order valence-electron chi connectivity index (χ3n) is 5.15. The summed E-state index contributed by atoms with van der Waals surface area (Å²) < 4.78 is 1.60. The van der Waals surface area contributed by atoms with Gasteiger partial charge in [-0.3, -0.25) is 14.2 Å². The molecule has 3 aromatic heterocycles. The second-order valence-electron chi connectivity index (χ2n) is 7.58. The Kier molecular flexibility index (Phi) is 6.32. The standard InChI is InChI=1S/C25H20N4O2S3/c1-15-13-32-24(26-15)27-19(30)14-33-25-28-22-21(23(31)29(25)18-11-7-4-8-12-18)20(16(2)34-22)17-9-5-3-6-10-17/h3-13H,14H2,1-2H3,(H,26,27,30). The maximum absolute atomic E-state index is 13.9. The molecule has 5 aromatic rings. The zero-order valence-electron chi connectivity index (χ0n) is 18.4. The molecule has 0 radical (unpaired) electrons. The smallest absolute Gasteiger partial charge is 0.268 e. The van der Waals surface area contributed by atoms with Gasteiger partial charge in [0.05, 0.1) is 22.5 Å². The lowest BCUT2D eigenvalue weighted by atomic mass is 10.0. The van der Waals surface area contributed by atoms with Crippen LogP contribution in [0.4, 0.5) is 5.13 Å². The van der Waals surface area contributed by atoms with E-state index < -0.39 is 0 Å². The van der Waals surface area contributed by atoms with Crippen molar-refractivity contribution >= 4 is 55.7 Å². The summed E-state index contributed by atoms with van der Waals surface area (Å²) in [4.78, 5) is 37.3. The molecule has 0 atom stereocenters. The number of fused-ring (bicyclic) bond motifs is 1. The molecular weight excluding hydrogens is 485 g/mol. The van der Waals surface area contributed by atoms with Crippen molar-refractivity contribution in [3.8, 4) is 16.8 Å². The number of para-hydroxylation sites is 1. The number of nitrogens with one attached hydrogen (secondary N) is 1. The molecule has 6 nitrogen and oxygen atoms in total. The molecule has 2 aromatic carbocycles. The number of carbonyl (C=O) groups excluding carboxylic acids is 1. The maximum atomic E-state index is 13.9. The predicted molar refractivity (Wildman–Crippen MR) is 142 cm³/mol. The number of thiophene rings is 1. The van der Waals surface area contributed by atoms with Crippen molar-refractivity contribution in [1.82, 2.24) is 14.5 Å².